The summed E-state index contributed by atoms with van der Waals surface area (Å²) in [4.78, 5) is 7.74. The van der Waals surface area contributed by atoms with Crippen molar-refractivity contribution >= 4 is 15.9 Å². The number of halogens is 1. The van der Waals surface area contributed by atoms with Crippen molar-refractivity contribution in [1.29, 1.82) is 0 Å². The molecule has 1 aromatic heterocycles. The number of pyridine rings is 1. The first-order valence-corrected chi connectivity index (χ1v) is 3.05. The van der Waals surface area contributed by atoms with Gasteiger partial charge in [-0.1, -0.05) is 0 Å². The summed E-state index contributed by atoms with van der Waals surface area (Å²) < 4.78 is 0.633. The van der Waals surface area contributed by atoms with Crippen molar-refractivity contribution in [1.82, 2.24) is 4.98 Å². The molecular weight excluding hydrogens is 186 g/mol. The Hall–Kier alpha value is -0.610. The van der Waals surface area contributed by atoms with E-state index in [1.807, 2.05) is 0 Å². The molecule has 0 aliphatic rings. The van der Waals surface area contributed by atoms with Crippen LogP contribution >= 0.6 is 15.9 Å². The molecule has 1 heterocycles. The zero-order chi connectivity index (χ0) is 6.69. The van der Waals surface area contributed by atoms with Crippen LogP contribution in [-0.2, 0) is 0 Å². The first-order chi connectivity index (χ1) is 4.33. The van der Waals surface area contributed by atoms with E-state index < -0.39 is 0 Å². The van der Waals surface area contributed by atoms with Gasteiger partial charge in [-0.05, 0) is 15.9 Å². The van der Waals surface area contributed by atoms with E-state index in [1.165, 1.54) is 6.20 Å². The lowest BCUT2D eigenvalue weighted by atomic mass is 10.5. The minimum absolute atomic E-state index is 0.372. The minimum Gasteiger partial charge on any atom is -0.340 e. The highest BCUT2D eigenvalue weighted by molar-refractivity contribution is 9.10. The highest BCUT2D eigenvalue weighted by Gasteiger charge is 1.91. The molecule has 0 bridgehead atoms. The van der Waals surface area contributed by atoms with Crippen LogP contribution in [0.4, 0.5) is 0 Å². The van der Waals surface area contributed by atoms with E-state index in [4.69, 9.17) is 5.26 Å². The SMILES string of the molecule is OOc1ccnc(Br)c1. The Morgan fingerprint density at radius 2 is 2.44 bits per heavy atom. The lowest BCUT2D eigenvalue weighted by Crippen LogP contribution is -1.83. The van der Waals surface area contributed by atoms with Crippen molar-refractivity contribution in [2.24, 2.45) is 0 Å². The highest BCUT2D eigenvalue weighted by Crippen LogP contribution is 2.13. The molecule has 0 saturated heterocycles. The summed E-state index contributed by atoms with van der Waals surface area (Å²) in [5.74, 6) is 0.372. The second kappa shape index (κ2) is 2.80. The predicted octanol–water partition coefficient (Wildman–Crippen LogP) is 1.70. The fourth-order valence-electron chi connectivity index (χ4n) is 0.441. The largest absolute Gasteiger partial charge is 0.340 e. The lowest BCUT2D eigenvalue weighted by Gasteiger charge is -1.93. The van der Waals surface area contributed by atoms with E-state index in [9.17, 15) is 0 Å². The van der Waals surface area contributed by atoms with Gasteiger partial charge in [-0.2, -0.15) is 0 Å². The van der Waals surface area contributed by atoms with Gasteiger partial charge in [-0.15, -0.1) is 0 Å². The maximum absolute atomic E-state index is 8.11. The molecule has 0 aliphatic carbocycles. The molecule has 0 atom stereocenters. The van der Waals surface area contributed by atoms with Crippen molar-refractivity contribution in [3.63, 3.8) is 0 Å². The Morgan fingerprint density at radius 3 is 2.89 bits per heavy atom. The van der Waals surface area contributed by atoms with Crippen LogP contribution in [0.15, 0.2) is 22.9 Å². The van der Waals surface area contributed by atoms with Crippen LogP contribution in [0.2, 0.25) is 0 Å². The Balaban J connectivity index is 2.94. The molecule has 1 aromatic rings. The Bertz CT molecular complexity index is 204. The summed E-state index contributed by atoms with van der Waals surface area (Å²) in [5, 5.41) is 8.11. The molecule has 0 amide bonds. The molecule has 0 fully saturated rings. The van der Waals surface area contributed by atoms with Crippen molar-refractivity contribution < 1.29 is 10.1 Å². The third kappa shape index (κ3) is 1.65. The second-order valence-corrected chi connectivity index (χ2v) is 2.22. The van der Waals surface area contributed by atoms with Gasteiger partial charge in [0.2, 0.25) is 0 Å². The smallest absolute Gasteiger partial charge is 0.169 e. The fourth-order valence-corrected chi connectivity index (χ4v) is 0.785. The third-order valence-corrected chi connectivity index (χ3v) is 1.24. The quantitative estimate of drug-likeness (QED) is 0.416. The van der Waals surface area contributed by atoms with Crippen LogP contribution < -0.4 is 4.89 Å². The average Bonchev–Trinajstić information content (AvgIpc) is 1.88. The van der Waals surface area contributed by atoms with Crippen molar-refractivity contribution in [3.05, 3.63) is 22.9 Å². The van der Waals surface area contributed by atoms with Gasteiger partial charge in [0.05, 0.1) is 0 Å². The van der Waals surface area contributed by atoms with Crippen LogP contribution in [-0.4, -0.2) is 10.2 Å². The van der Waals surface area contributed by atoms with Crippen LogP contribution in [0.1, 0.15) is 0 Å². The zero-order valence-electron chi connectivity index (χ0n) is 4.41. The third-order valence-electron chi connectivity index (χ3n) is 0.803. The number of hydrogen-bond donors (Lipinski definition) is 1. The summed E-state index contributed by atoms with van der Waals surface area (Å²) in [6.07, 6.45) is 1.52. The van der Waals surface area contributed by atoms with Gasteiger partial charge in [0, 0.05) is 18.3 Å². The van der Waals surface area contributed by atoms with E-state index in [1.54, 1.807) is 12.1 Å². The van der Waals surface area contributed by atoms with Crippen LogP contribution in [0.25, 0.3) is 0 Å². The molecule has 0 aromatic carbocycles. The van der Waals surface area contributed by atoms with Gasteiger partial charge in [-0.25, -0.2) is 10.2 Å². The van der Waals surface area contributed by atoms with Gasteiger partial charge in [-0.3, -0.25) is 0 Å². The molecular formula is C5H4BrNO2. The molecule has 0 radical (unpaired) electrons. The topological polar surface area (TPSA) is 42.4 Å². The molecule has 48 valence electrons. The molecule has 4 heteroatoms. The summed E-state index contributed by atoms with van der Waals surface area (Å²) >= 11 is 3.10. The molecule has 0 spiro atoms. The molecule has 9 heavy (non-hydrogen) atoms. The van der Waals surface area contributed by atoms with Gasteiger partial charge in [0.1, 0.15) is 4.60 Å². The van der Waals surface area contributed by atoms with Crippen LogP contribution in [0, 0.1) is 0 Å². The summed E-state index contributed by atoms with van der Waals surface area (Å²) in [6.45, 7) is 0. The van der Waals surface area contributed by atoms with Crippen molar-refractivity contribution in [3.8, 4) is 5.75 Å². The van der Waals surface area contributed by atoms with Gasteiger partial charge in [0.25, 0.3) is 0 Å². The standard InChI is InChI=1S/C5H4BrNO2/c6-5-3-4(9-8)1-2-7-5/h1-3,8H. The van der Waals surface area contributed by atoms with E-state index in [2.05, 4.69) is 25.8 Å². The number of nitrogens with zero attached hydrogens (tertiary/aromatic N) is 1. The second-order valence-electron chi connectivity index (χ2n) is 1.41. The molecule has 0 saturated carbocycles. The summed E-state index contributed by atoms with van der Waals surface area (Å²) in [6, 6.07) is 3.10. The molecule has 0 unspecified atom stereocenters. The first-order valence-electron chi connectivity index (χ1n) is 2.26. The maximum Gasteiger partial charge on any atom is 0.169 e. The van der Waals surface area contributed by atoms with Crippen molar-refractivity contribution in [2.45, 2.75) is 0 Å². The molecule has 3 nitrogen and oxygen atoms in total. The molecule has 1 N–H and O–H groups in total. The lowest BCUT2D eigenvalue weighted by molar-refractivity contribution is -0.137. The Kier molecular flexibility index (Phi) is 2.02. The Labute approximate surface area is 60.4 Å². The fraction of sp³-hybridized carbons (Fsp3) is 0. The minimum atomic E-state index is 0.372. The van der Waals surface area contributed by atoms with Crippen molar-refractivity contribution in [2.75, 3.05) is 0 Å². The number of rotatable bonds is 1. The van der Waals surface area contributed by atoms with Gasteiger partial charge < -0.3 is 4.89 Å². The van der Waals surface area contributed by atoms with Crippen LogP contribution in [0.3, 0.4) is 0 Å². The monoisotopic (exact) mass is 189 g/mol. The highest BCUT2D eigenvalue weighted by atomic mass is 79.9. The molecule has 1 rings (SSSR count). The van der Waals surface area contributed by atoms with Gasteiger partial charge >= 0.3 is 0 Å². The van der Waals surface area contributed by atoms with Gasteiger partial charge in [0.15, 0.2) is 5.75 Å². The van der Waals surface area contributed by atoms with E-state index >= 15 is 0 Å². The first kappa shape index (κ1) is 6.51. The van der Waals surface area contributed by atoms with E-state index in [-0.39, 0.29) is 0 Å². The normalized spacial score (nSPS) is 9.11. The summed E-state index contributed by atoms with van der Waals surface area (Å²) in [7, 11) is 0. The zero-order valence-corrected chi connectivity index (χ0v) is 6.00. The van der Waals surface area contributed by atoms with E-state index in [0.717, 1.165) is 0 Å². The summed E-state index contributed by atoms with van der Waals surface area (Å²) in [5.41, 5.74) is 0. The average molecular weight is 190 g/mol. The van der Waals surface area contributed by atoms with Crippen LogP contribution in [0.5, 0.6) is 5.75 Å². The number of aromatic nitrogens is 1. The predicted molar refractivity (Wildman–Crippen MR) is 35.2 cm³/mol. The number of hydrogen-bond acceptors (Lipinski definition) is 3. The molecule has 0 aliphatic heterocycles. The van der Waals surface area contributed by atoms with E-state index in [0.29, 0.717) is 10.4 Å². The Morgan fingerprint density at radius 1 is 1.67 bits per heavy atom. The maximum atomic E-state index is 8.11.